The summed E-state index contributed by atoms with van der Waals surface area (Å²) in [7, 11) is 1.70. The summed E-state index contributed by atoms with van der Waals surface area (Å²) in [6.45, 7) is 9.93. The Kier molecular flexibility index (Phi) is 4.51. The zero-order chi connectivity index (χ0) is 18.1. The van der Waals surface area contributed by atoms with Crippen LogP contribution in [0.15, 0.2) is 36.5 Å². The molecule has 0 bridgehead atoms. The Morgan fingerprint density at radius 2 is 1.92 bits per heavy atom. The van der Waals surface area contributed by atoms with Gasteiger partial charge in [-0.05, 0) is 19.9 Å². The summed E-state index contributed by atoms with van der Waals surface area (Å²) in [5, 5.41) is 4.68. The van der Waals surface area contributed by atoms with E-state index in [2.05, 4.69) is 36.0 Å². The Hall–Kier alpha value is -2.60. The van der Waals surface area contributed by atoms with Crippen LogP contribution >= 0.6 is 0 Å². The van der Waals surface area contributed by atoms with Crippen molar-refractivity contribution >= 4 is 11.5 Å². The molecular weight excluding hydrogens is 326 g/mol. The highest BCUT2D eigenvalue weighted by Crippen LogP contribution is 2.33. The van der Waals surface area contributed by atoms with Gasteiger partial charge in [0.05, 0.1) is 51.6 Å². The molecule has 6 heteroatoms. The van der Waals surface area contributed by atoms with E-state index in [1.807, 2.05) is 28.9 Å². The lowest BCUT2D eigenvalue weighted by Gasteiger charge is -2.33. The third kappa shape index (κ3) is 2.90. The lowest BCUT2D eigenvalue weighted by molar-refractivity contribution is -0.898. The minimum absolute atomic E-state index is 0.840. The first-order valence-corrected chi connectivity index (χ1v) is 9.28. The summed E-state index contributed by atoms with van der Waals surface area (Å²) in [5.74, 6) is 1.97. The number of aryl methyl sites for hydroxylation is 1. The number of fused-ring (bicyclic) bond motifs is 1. The minimum Gasteiger partial charge on any atom is -0.496 e. The van der Waals surface area contributed by atoms with Crippen LogP contribution in [0.25, 0.3) is 16.8 Å². The summed E-state index contributed by atoms with van der Waals surface area (Å²) in [4.78, 5) is 8.88. The van der Waals surface area contributed by atoms with Gasteiger partial charge < -0.3 is 14.5 Å². The fourth-order valence-corrected chi connectivity index (χ4v) is 3.75. The van der Waals surface area contributed by atoms with Crippen molar-refractivity contribution in [1.82, 2.24) is 14.6 Å². The largest absolute Gasteiger partial charge is 0.496 e. The van der Waals surface area contributed by atoms with E-state index in [9.17, 15) is 0 Å². The number of aromatic nitrogens is 3. The number of hydrogen-bond acceptors (Lipinski definition) is 4. The van der Waals surface area contributed by atoms with Crippen molar-refractivity contribution in [3.63, 3.8) is 0 Å². The van der Waals surface area contributed by atoms with E-state index in [1.165, 1.54) is 19.6 Å². The molecule has 6 nitrogen and oxygen atoms in total. The first kappa shape index (κ1) is 16.8. The number of rotatable bonds is 4. The molecule has 0 spiro atoms. The van der Waals surface area contributed by atoms with Crippen molar-refractivity contribution in [1.29, 1.82) is 0 Å². The summed E-state index contributed by atoms with van der Waals surface area (Å²) in [6.07, 6.45) is 1.90. The fourth-order valence-electron chi connectivity index (χ4n) is 3.75. The summed E-state index contributed by atoms with van der Waals surface area (Å²) >= 11 is 0. The number of para-hydroxylation sites is 1. The van der Waals surface area contributed by atoms with Gasteiger partial charge in [-0.2, -0.15) is 9.61 Å². The monoisotopic (exact) mass is 352 g/mol. The maximum atomic E-state index is 5.54. The number of quaternary nitrogens is 1. The molecule has 136 valence electrons. The van der Waals surface area contributed by atoms with Crippen LogP contribution in [0.2, 0.25) is 0 Å². The lowest BCUT2D eigenvalue weighted by atomic mass is 10.1. The highest BCUT2D eigenvalue weighted by molar-refractivity contribution is 5.82. The van der Waals surface area contributed by atoms with Crippen LogP contribution in [-0.4, -0.2) is 54.4 Å². The quantitative estimate of drug-likeness (QED) is 0.772. The zero-order valence-corrected chi connectivity index (χ0v) is 15.7. The van der Waals surface area contributed by atoms with E-state index < -0.39 is 0 Å². The van der Waals surface area contributed by atoms with E-state index in [-0.39, 0.29) is 0 Å². The molecule has 0 amide bonds. The number of likely N-dealkylation sites (N-methyl/N-ethyl adjacent to an activating group) is 1. The van der Waals surface area contributed by atoms with Gasteiger partial charge in [-0.3, -0.25) is 0 Å². The zero-order valence-electron chi connectivity index (χ0n) is 15.7. The lowest BCUT2D eigenvalue weighted by Crippen LogP contribution is -3.14. The number of piperazine rings is 1. The van der Waals surface area contributed by atoms with E-state index in [0.29, 0.717) is 0 Å². The van der Waals surface area contributed by atoms with Crippen LogP contribution < -0.4 is 14.5 Å². The number of anilines is 1. The molecule has 3 heterocycles. The molecule has 1 N–H and O–H groups in total. The molecule has 3 aromatic rings. The van der Waals surface area contributed by atoms with Gasteiger partial charge in [0.1, 0.15) is 11.6 Å². The second kappa shape index (κ2) is 6.96. The maximum absolute atomic E-state index is 5.54. The topological polar surface area (TPSA) is 47.1 Å². The van der Waals surface area contributed by atoms with Gasteiger partial charge in [0.25, 0.3) is 0 Å². The molecule has 4 rings (SSSR count). The third-order valence-corrected chi connectivity index (χ3v) is 5.27. The Labute approximate surface area is 154 Å². The molecule has 0 radical (unpaired) electrons. The van der Waals surface area contributed by atoms with Gasteiger partial charge in [-0.15, -0.1) is 0 Å². The number of benzene rings is 1. The predicted molar refractivity (Wildman–Crippen MR) is 103 cm³/mol. The van der Waals surface area contributed by atoms with Crippen molar-refractivity contribution < 1.29 is 9.64 Å². The molecule has 26 heavy (non-hydrogen) atoms. The Morgan fingerprint density at radius 3 is 2.65 bits per heavy atom. The van der Waals surface area contributed by atoms with Gasteiger partial charge in [0.15, 0.2) is 5.65 Å². The van der Waals surface area contributed by atoms with Crippen molar-refractivity contribution in [3.8, 4) is 16.9 Å². The number of ether oxygens (including phenoxy) is 1. The van der Waals surface area contributed by atoms with Gasteiger partial charge in [-0.1, -0.05) is 18.2 Å². The van der Waals surface area contributed by atoms with Crippen molar-refractivity contribution in [2.24, 2.45) is 0 Å². The molecule has 0 atom stereocenters. The molecule has 0 unspecified atom stereocenters. The van der Waals surface area contributed by atoms with Gasteiger partial charge >= 0.3 is 0 Å². The number of methoxy groups -OCH3 is 1. The van der Waals surface area contributed by atoms with Crippen LogP contribution in [0.3, 0.4) is 0 Å². The van der Waals surface area contributed by atoms with Crippen LogP contribution in [-0.2, 0) is 0 Å². The van der Waals surface area contributed by atoms with Gasteiger partial charge in [-0.25, -0.2) is 4.98 Å². The third-order valence-electron chi connectivity index (χ3n) is 5.27. The Balaban J connectivity index is 1.79. The standard InChI is InChI=1S/C20H25N5O/c1-4-23-9-11-24(12-10-23)19-13-15(2)22-20-17(14-21-25(19)20)16-7-5-6-8-18(16)26-3/h5-8,13-14H,4,9-12H2,1-3H3/p+1. The number of nitrogens with zero attached hydrogens (tertiary/aromatic N) is 4. The summed E-state index contributed by atoms with van der Waals surface area (Å²) < 4.78 is 7.52. The Morgan fingerprint density at radius 1 is 1.15 bits per heavy atom. The molecule has 0 saturated carbocycles. The molecule has 1 saturated heterocycles. The van der Waals surface area contributed by atoms with Crippen LogP contribution in [0.5, 0.6) is 5.75 Å². The van der Waals surface area contributed by atoms with Crippen molar-refractivity contribution in [2.75, 3.05) is 44.7 Å². The van der Waals surface area contributed by atoms with E-state index in [0.717, 1.165) is 47.1 Å². The van der Waals surface area contributed by atoms with E-state index in [4.69, 9.17) is 9.72 Å². The first-order chi connectivity index (χ1) is 12.7. The van der Waals surface area contributed by atoms with Crippen molar-refractivity contribution in [3.05, 3.63) is 42.2 Å². The average molecular weight is 352 g/mol. The normalized spacial score (nSPS) is 15.6. The van der Waals surface area contributed by atoms with Gasteiger partial charge in [0, 0.05) is 17.3 Å². The second-order valence-electron chi connectivity index (χ2n) is 6.84. The summed E-state index contributed by atoms with van der Waals surface area (Å²) in [6, 6.07) is 10.2. The molecule has 1 aliphatic rings. The average Bonchev–Trinajstić information content (AvgIpc) is 3.11. The molecule has 0 aliphatic carbocycles. The molecule has 2 aromatic heterocycles. The van der Waals surface area contributed by atoms with E-state index >= 15 is 0 Å². The number of hydrogen-bond donors (Lipinski definition) is 1. The molecular formula is C20H26N5O+. The predicted octanol–water partition coefficient (Wildman–Crippen LogP) is 1.44. The molecule has 1 aliphatic heterocycles. The number of nitrogens with one attached hydrogen (secondary N) is 1. The van der Waals surface area contributed by atoms with E-state index in [1.54, 1.807) is 12.0 Å². The van der Waals surface area contributed by atoms with Gasteiger partial charge in [0.2, 0.25) is 0 Å². The molecule has 1 fully saturated rings. The SMILES string of the molecule is CC[NH+]1CCN(c2cc(C)nc3c(-c4ccccc4OC)cnn23)CC1. The molecule has 1 aromatic carbocycles. The second-order valence-corrected chi connectivity index (χ2v) is 6.84. The maximum Gasteiger partial charge on any atom is 0.165 e. The van der Waals surface area contributed by atoms with Crippen molar-refractivity contribution in [2.45, 2.75) is 13.8 Å². The van der Waals surface area contributed by atoms with Crippen LogP contribution in [0.4, 0.5) is 5.82 Å². The fraction of sp³-hybridized carbons (Fsp3) is 0.400. The highest BCUT2D eigenvalue weighted by Gasteiger charge is 2.23. The summed E-state index contributed by atoms with van der Waals surface area (Å²) in [5.41, 5.74) is 3.92. The van der Waals surface area contributed by atoms with Crippen LogP contribution in [0, 0.1) is 6.92 Å². The first-order valence-electron chi connectivity index (χ1n) is 9.28. The van der Waals surface area contributed by atoms with Crippen LogP contribution in [0.1, 0.15) is 12.6 Å². The minimum atomic E-state index is 0.840. The highest BCUT2D eigenvalue weighted by atomic mass is 16.5. The Bertz CT molecular complexity index is 912. The smallest absolute Gasteiger partial charge is 0.165 e.